The molecule has 2 rings (SSSR count). The summed E-state index contributed by atoms with van der Waals surface area (Å²) in [6.07, 6.45) is -0.391. The van der Waals surface area contributed by atoms with Crippen LogP contribution in [0.1, 0.15) is 10.4 Å². The quantitative estimate of drug-likeness (QED) is 0.771. The molecule has 19 heavy (non-hydrogen) atoms. The topological polar surface area (TPSA) is 49.9 Å². The van der Waals surface area contributed by atoms with Crippen LogP contribution in [0.5, 0.6) is 0 Å². The Morgan fingerprint density at radius 1 is 1.16 bits per heavy atom. The van der Waals surface area contributed by atoms with Crippen LogP contribution in [0.15, 0.2) is 24.3 Å². The predicted molar refractivity (Wildman–Crippen MR) is 66.3 cm³/mol. The lowest BCUT2D eigenvalue weighted by molar-refractivity contribution is 0.0599. The van der Waals surface area contributed by atoms with E-state index in [0.717, 1.165) is 0 Å². The number of ether oxygens (including phenoxy) is 1. The van der Waals surface area contributed by atoms with Crippen molar-refractivity contribution in [3.63, 3.8) is 0 Å². The van der Waals surface area contributed by atoms with Crippen molar-refractivity contribution in [3.8, 4) is 0 Å². The van der Waals surface area contributed by atoms with Crippen LogP contribution in [-0.2, 0) is 4.74 Å². The van der Waals surface area contributed by atoms with E-state index in [1.54, 1.807) is 11.0 Å². The van der Waals surface area contributed by atoms with Gasteiger partial charge in [0.1, 0.15) is 5.82 Å². The highest BCUT2D eigenvalue weighted by atomic mass is 19.1. The number of carbonyl (C=O) groups excluding carboxylic acids is 2. The number of hydrogen-bond donors (Lipinski definition) is 0. The second-order valence-electron chi connectivity index (χ2n) is 4.26. The maximum absolute atomic E-state index is 13.1. The highest BCUT2D eigenvalue weighted by Gasteiger charge is 2.25. The molecule has 1 aliphatic heterocycles. The van der Waals surface area contributed by atoms with Gasteiger partial charge in [0.05, 0.1) is 7.11 Å². The van der Waals surface area contributed by atoms with Gasteiger partial charge in [-0.05, 0) is 18.2 Å². The van der Waals surface area contributed by atoms with Gasteiger partial charge in [-0.2, -0.15) is 0 Å². The van der Waals surface area contributed by atoms with Gasteiger partial charge in [0.2, 0.25) is 0 Å². The minimum atomic E-state index is -0.431. The Balaban J connectivity index is 1.98. The number of amides is 2. The Morgan fingerprint density at radius 2 is 1.79 bits per heavy atom. The molecule has 1 aromatic carbocycles. The van der Waals surface area contributed by atoms with Crippen LogP contribution in [0.3, 0.4) is 0 Å². The second-order valence-corrected chi connectivity index (χ2v) is 4.26. The summed E-state index contributed by atoms with van der Waals surface area (Å²) in [6.45, 7) is 1.69. The van der Waals surface area contributed by atoms with E-state index in [4.69, 9.17) is 0 Å². The van der Waals surface area contributed by atoms with E-state index in [1.807, 2.05) is 0 Å². The summed E-state index contributed by atoms with van der Waals surface area (Å²) in [5, 5.41) is 0. The van der Waals surface area contributed by atoms with Crippen LogP contribution >= 0.6 is 0 Å². The minimum absolute atomic E-state index is 0.219. The first-order valence-electron chi connectivity index (χ1n) is 5.99. The zero-order valence-electron chi connectivity index (χ0n) is 10.6. The second kappa shape index (κ2) is 5.69. The van der Waals surface area contributed by atoms with Crippen LogP contribution in [0.4, 0.5) is 9.18 Å². The first-order valence-corrected chi connectivity index (χ1v) is 5.99. The summed E-state index contributed by atoms with van der Waals surface area (Å²) >= 11 is 0. The van der Waals surface area contributed by atoms with Crippen molar-refractivity contribution < 1.29 is 18.7 Å². The smallest absolute Gasteiger partial charge is 0.409 e. The molecule has 5 nitrogen and oxygen atoms in total. The van der Waals surface area contributed by atoms with Crippen molar-refractivity contribution in [1.29, 1.82) is 0 Å². The number of carbonyl (C=O) groups is 2. The fraction of sp³-hybridized carbons (Fsp3) is 0.385. The van der Waals surface area contributed by atoms with Crippen LogP contribution in [0.25, 0.3) is 0 Å². The normalized spacial score (nSPS) is 15.3. The third kappa shape index (κ3) is 3.01. The van der Waals surface area contributed by atoms with Gasteiger partial charge in [0.25, 0.3) is 5.91 Å². The van der Waals surface area contributed by atoms with Crippen molar-refractivity contribution in [2.75, 3.05) is 33.3 Å². The molecule has 0 aliphatic carbocycles. The van der Waals surface area contributed by atoms with E-state index in [0.29, 0.717) is 31.7 Å². The van der Waals surface area contributed by atoms with Crippen LogP contribution in [0.2, 0.25) is 0 Å². The molecule has 2 amide bonds. The number of nitrogens with zero attached hydrogens (tertiary/aromatic N) is 2. The number of piperazine rings is 1. The van der Waals surface area contributed by atoms with Gasteiger partial charge < -0.3 is 14.5 Å². The van der Waals surface area contributed by atoms with Crippen LogP contribution in [-0.4, -0.2) is 55.1 Å². The Kier molecular flexibility index (Phi) is 3.99. The molecule has 1 fully saturated rings. The molecule has 0 bridgehead atoms. The summed E-state index contributed by atoms with van der Waals surface area (Å²) in [6, 6.07) is 5.60. The molecular formula is C13H15FN2O3. The van der Waals surface area contributed by atoms with Crippen LogP contribution in [0, 0.1) is 5.82 Å². The van der Waals surface area contributed by atoms with Crippen LogP contribution < -0.4 is 0 Å². The van der Waals surface area contributed by atoms with Gasteiger partial charge in [-0.25, -0.2) is 9.18 Å². The SMILES string of the molecule is COC(=O)N1CCN(C(=O)c2cccc(F)c2)CC1. The fourth-order valence-corrected chi connectivity index (χ4v) is 2.03. The monoisotopic (exact) mass is 266 g/mol. The fourth-order valence-electron chi connectivity index (χ4n) is 2.03. The molecule has 0 aromatic heterocycles. The number of methoxy groups -OCH3 is 1. The van der Waals surface area contributed by atoms with E-state index >= 15 is 0 Å². The zero-order chi connectivity index (χ0) is 13.8. The highest BCUT2D eigenvalue weighted by Crippen LogP contribution is 2.10. The van der Waals surface area contributed by atoms with Crippen molar-refractivity contribution >= 4 is 12.0 Å². The van der Waals surface area contributed by atoms with Gasteiger partial charge in [-0.1, -0.05) is 6.07 Å². The molecule has 1 aromatic rings. The maximum Gasteiger partial charge on any atom is 0.409 e. The van der Waals surface area contributed by atoms with E-state index in [2.05, 4.69) is 4.74 Å². The van der Waals surface area contributed by atoms with Crippen molar-refractivity contribution in [3.05, 3.63) is 35.6 Å². The Labute approximate surface area is 110 Å². The molecule has 1 saturated heterocycles. The van der Waals surface area contributed by atoms with Gasteiger partial charge in [-0.15, -0.1) is 0 Å². The Morgan fingerprint density at radius 3 is 2.37 bits per heavy atom. The Bertz CT molecular complexity index is 485. The first-order chi connectivity index (χ1) is 9.11. The summed E-state index contributed by atoms with van der Waals surface area (Å²) in [7, 11) is 1.33. The highest BCUT2D eigenvalue weighted by molar-refractivity contribution is 5.94. The summed E-state index contributed by atoms with van der Waals surface area (Å²) in [5.41, 5.74) is 0.325. The summed E-state index contributed by atoms with van der Waals surface area (Å²) in [5.74, 6) is -0.650. The Hall–Kier alpha value is -2.11. The molecule has 102 valence electrons. The van der Waals surface area contributed by atoms with E-state index in [9.17, 15) is 14.0 Å². The largest absolute Gasteiger partial charge is 0.453 e. The molecule has 0 unspecified atom stereocenters. The maximum atomic E-state index is 13.1. The zero-order valence-corrected chi connectivity index (χ0v) is 10.6. The lowest BCUT2D eigenvalue weighted by Crippen LogP contribution is -2.50. The van der Waals surface area contributed by atoms with Gasteiger partial charge in [-0.3, -0.25) is 4.79 Å². The van der Waals surface area contributed by atoms with E-state index < -0.39 is 11.9 Å². The van der Waals surface area contributed by atoms with Crippen molar-refractivity contribution in [2.24, 2.45) is 0 Å². The van der Waals surface area contributed by atoms with Crippen molar-refractivity contribution in [1.82, 2.24) is 9.80 Å². The number of halogens is 1. The predicted octanol–water partition coefficient (Wildman–Crippen LogP) is 1.35. The van der Waals surface area contributed by atoms with Gasteiger partial charge >= 0.3 is 6.09 Å². The van der Waals surface area contributed by atoms with Gasteiger partial charge in [0, 0.05) is 31.7 Å². The number of rotatable bonds is 1. The summed E-state index contributed by atoms with van der Waals surface area (Å²) in [4.78, 5) is 26.6. The number of benzene rings is 1. The first kappa shape index (κ1) is 13.3. The third-order valence-electron chi connectivity index (χ3n) is 3.07. The van der Waals surface area contributed by atoms with E-state index in [-0.39, 0.29) is 5.91 Å². The molecule has 1 aliphatic rings. The lowest BCUT2D eigenvalue weighted by atomic mass is 10.2. The molecule has 0 radical (unpaired) electrons. The van der Waals surface area contributed by atoms with Gasteiger partial charge in [0.15, 0.2) is 0 Å². The molecule has 0 spiro atoms. The summed E-state index contributed by atoms with van der Waals surface area (Å²) < 4.78 is 17.7. The molecule has 6 heteroatoms. The van der Waals surface area contributed by atoms with E-state index in [1.165, 1.54) is 30.2 Å². The molecule has 0 saturated carbocycles. The lowest BCUT2D eigenvalue weighted by Gasteiger charge is -2.33. The minimum Gasteiger partial charge on any atom is -0.453 e. The average molecular weight is 266 g/mol. The average Bonchev–Trinajstić information content (AvgIpc) is 2.46. The number of hydrogen-bond acceptors (Lipinski definition) is 3. The van der Waals surface area contributed by atoms with Crippen molar-refractivity contribution in [2.45, 2.75) is 0 Å². The third-order valence-corrected chi connectivity index (χ3v) is 3.07. The molecule has 0 atom stereocenters. The standard InChI is InChI=1S/C13H15FN2O3/c1-19-13(18)16-7-5-15(6-8-16)12(17)10-3-2-4-11(14)9-10/h2-4,9H,5-8H2,1H3. The molecule has 1 heterocycles. The molecule has 0 N–H and O–H groups in total. The molecular weight excluding hydrogens is 251 g/mol.